The molecule has 1 aromatic heterocycles. The topological polar surface area (TPSA) is 36.7 Å². The van der Waals surface area contributed by atoms with Crippen molar-refractivity contribution in [1.82, 2.24) is 4.98 Å². The maximum absolute atomic E-state index is 8.61. The van der Waals surface area contributed by atoms with Crippen molar-refractivity contribution in [2.75, 3.05) is 0 Å². The molecule has 17 heavy (non-hydrogen) atoms. The van der Waals surface area contributed by atoms with E-state index in [9.17, 15) is 0 Å². The van der Waals surface area contributed by atoms with Gasteiger partial charge in [0, 0.05) is 10.9 Å². The fraction of sp³-hybridized carbons (Fsp3) is 0.286. The molecule has 0 amide bonds. The van der Waals surface area contributed by atoms with E-state index in [0.29, 0.717) is 6.42 Å². The van der Waals surface area contributed by atoms with Crippen molar-refractivity contribution in [2.24, 2.45) is 0 Å². The van der Waals surface area contributed by atoms with Gasteiger partial charge in [-0.2, -0.15) is 5.26 Å². The van der Waals surface area contributed by atoms with Gasteiger partial charge in [-0.3, -0.25) is 0 Å². The van der Waals surface area contributed by atoms with E-state index in [1.54, 1.807) is 11.3 Å². The first-order valence-electron chi connectivity index (χ1n) is 5.74. The quantitative estimate of drug-likeness (QED) is 0.817. The summed E-state index contributed by atoms with van der Waals surface area (Å²) >= 11 is 1.55. The van der Waals surface area contributed by atoms with Crippen LogP contribution in [0.2, 0.25) is 0 Å². The number of hydrogen-bond acceptors (Lipinski definition) is 3. The summed E-state index contributed by atoms with van der Waals surface area (Å²) in [6.45, 7) is 2.18. The molecule has 1 aromatic carbocycles. The number of nitriles is 1. The molecule has 0 atom stereocenters. The maximum Gasteiger partial charge on any atom is 0.107 e. The Labute approximate surface area is 106 Å². The first kappa shape index (κ1) is 11.8. The molecule has 0 saturated carbocycles. The summed E-state index contributed by atoms with van der Waals surface area (Å²) in [6, 6.07) is 10.6. The largest absolute Gasteiger partial charge is 0.240 e. The van der Waals surface area contributed by atoms with E-state index < -0.39 is 0 Å². The summed E-state index contributed by atoms with van der Waals surface area (Å²) in [7, 11) is 0. The van der Waals surface area contributed by atoms with Gasteiger partial charge in [0.15, 0.2) is 0 Å². The van der Waals surface area contributed by atoms with Crippen LogP contribution in [0.4, 0.5) is 0 Å². The smallest absolute Gasteiger partial charge is 0.107 e. The second-order valence-corrected chi connectivity index (χ2v) is 4.85. The lowest BCUT2D eigenvalue weighted by Crippen LogP contribution is -1.84. The first-order valence-corrected chi connectivity index (χ1v) is 6.62. The summed E-state index contributed by atoms with van der Waals surface area (Å²) in [5.41, 5.74) is 3.47. The standard InChI is InChI=1S/C14H14N2S/c1-2-3-11-4-6-12(7-5-11)13-10-17-14(16-13)8-9-15/h4-7,10H,2-3,8H2,1H3. The van der Waals surface area contributed by atoms with E-state index in [1.165, 1.54) is 12.0 Å². The van der Waals surface area contributed by atoms with Crippen LogP contribution in [0.3, 0.4) is 0 Å². The van der Waals surface area contributed by atoms with Crippen LogP contribution in [0.25, 0.3) is 11.3 Å². The third-order valence-corrected chi connectivity index (χ3v) is 3.42. The van der Waals surface area contributed by atoms with Gasteiger partial charge in [-0.1, -0.05) is 37.6 Å². The van der Waals surface area contributed by atoms with Gasteiger partial charge in [0.05, 0.1) is 18.2 Å². The number of hydrogen-bond donors (Lipinski definition) is 0. The average Bonchev–Trinajstić information content (AvgIpc) is 2.80. The van der Waals surface area contributed by atoms with Gasteiger partial charge < -0.3 is 0 Å². The van der Waals surface area contributed by atoms with Gasteiger partial charge in [-0.05, 0) is 12.0 Å². The van der Waals surface area contributed by atoms with E-state index in [2.05, 4.69) is 42.2 Å². The number of rotatable bonds is 4. The van der Waals surface area contributed by atoms with Crippen molar-refractivity contribution in [2.45, 2.75) is 26.2 Å². The van der Waals surface area contributed by atoms with Crippen molar-refractivity contribution in [3.8, 4) is 17.3 Å². The molecule has 0 N–H and O–H groups in total. The summed E-state index contributed by atoms with van der Waals surface area (Å²) in [4.78, 5) is 4.44. The molecule has 2 rings (SSSR count). The van der Waals surface area contributed by atoms with E-state index in [1.807, 2.05) is 5.38 Å². The second kappa shape index (κ2) is 5.60. The Morgan fingerprint density at radius 3 is 2.71 bits per heavy atom. The molecular formula is C14H14N2S. The molecular weight excluding hydrogens is 228 g/mol. The zero-order valence-electron chi connectivity index (χ0n) is 9.81. The van der Waals surface area contributed by atoms with Crippen LogP contribution in [0, 0.1) is 11.3 Å². The Kier molecular flexibility index (Phi) is 3.89. The van der Waals surface area contributed by atoms with Gasteiger partial charge >= 0.3 is 0 Å². The molecule has 0 aliphatic heterocycles. The number of aromatic nitrogens is 1. The zero-order valence-corrected chi connectivity index (χ0v) is 10.6. The highest BCUT2D eigenvalue weighted by Crippen LogP contribution is 2.22. The average molecular weight is 242 g/mol. The Hall–Kier alpha value is -1.66. The SMILES string of the molecule is CCCc1ccc(-c2csc(CC#N)n2)cc1. The van der Waals surface area contributed by atoms with E-state index in [4.69, 9.17) is 5.26 Å². The van der Waals surface area contributed by atoms with Crippen LogP contribution < -0.4 is 0 Å². The molecule has 0 aliphatic rings. The third-order valence-electron chi connectivity index (χ3n) is 2.57. The highest BCUT2D eigenvalue weighted by molar-refractivity contribution is 7.10. The third kappa shape index (κ3) is 2.92. The second-order valence-electron chi connectivity index (χ2n) is 3.91. The molecule has 0 saturated heterocycles. The van der Waals surface area contributed by atoms with Crippen LogP contribution in [0.5, 0.6) is 0 Å². The Morgan fingerprint density at radius 2 is 2.06 bits per heavy atom. The van der Waals surface area contributed by atoms with Crippen molar-refractivity contribution in [3.63, 3.8) is 0 Å². The molecule has 86 valence electrons. The molecule has 2 aromatic rings. The highest BCUT2D eigenvalue weighted by atomic mass is 32.1. The van der Waals surface area contributed by atoms with Crippen LogP contribution in [0.1, 0.15) is 23.9 Å². The van der Waals surface area contributed by atoms with E-state index in [-0.39, 0.29) is 0 Å². The highest BCUT2D eigenvalue weighted by Gasteiger charge is 2.04. The summed E-state index contributed by atoms with van der Waals surface area (Å²) < 4.78 is 0. The Morgan fingerprint density at radius 1 is 1.29 bits per heavy atom. The predicted octanol–water partition coefficient (Wildman–Crippen LogP) is 3.83. The van der Waals surface area contributed by atoms with Gasteiger partial charge in [-0.25, -0.2) is 4.98 Å². The molecule has 0 radical (unpaired) electrons. The lowest BCUT2D eigenvalue weighted by molar-refractivity contribution is 0.922. The van der Waals surface area contributed by atoms with Gasteiger partial charge in [0.2, 0.25) is 0 Å². The molecule has 3 heteroatoms. The lowest BCUT2D eigenvalue weighted by atomic mass is 10.1. The minimum absolute atomic E-state index is 0.401. The van der Waals surface area contributed by atoms with Gasteiger partial charge in [0.1, 0.15) is 5.01 Å². The summed E-state index contributed by atoms with van der Waals surface area (Å²) in [5, 5.41) is 11.5. The fourth-order valence-electron chi connectivity index (χ4n) is 1.72. The molecule has 2 nitrogen and oxygen atoms in total. The van der Waals surface area contributed by atoms with Crippen molar-refractivity contribution in [1.29, 1.82) is 5.26 Å². The number of nitrogens with zero attached hydrogens (tertiary/aromatic N) is 2. The normalized spacial score (nSPS) is 10.1. The minimum Gasteiger partial charge on any atom is -0.240 e. The molecule has 1 heterocycles. The Balaban J connectivity index is 2.18. The molecule has 0 fully saturated rings. The molecule has 0 bridgehead atoms. The molecule has 0 spiro atoms. The van der Waals surface area contributed by atoms with Crippen molar-refractivity contribution >= 4 is 11.3 Å². The molecule has 0 unspecified atom stereocenters. The maximum atomic E-state index is 8.61. The van der Waals surface area contributed by atoms with Crippen molar-refractivity contribution < 1.29 is 0 Å². The van der Waals surface area contributed by atoms with Gasteiger partial charge in [-0.15, -0.1) is 11.3 Å². The monoisotopic (exact) mass is 242 g/mol. The summed E-state index contributed by atoms with van der Waals surface area (Å²) in [5.74, 6) is 0. The van der Waals surface area contributed by atoms with E-state index in [0.717, 1.165) is 22.7 Å². The van der Waals surface area contributed by atoms with Crippen LogP contribution in [0.15, 0.2) is 29.6 Å². The summed E-state index contributed by atoms with van der Waals surface area (Å²) in [6.07, 6.45) is 2.69. The molecule has 0 aliphatic carbocycles. The Bertz CT molecular complexity index is 520. The van der Waals surface area contributed by atoms with Crippen LogP contribution >= 0.6 is 11.3 Å². The van der Waals surface area contributed by atoms with E-state index >= 15 is 0 Å². The predicted molar refractivity (Wildman–Crippen MR) is 70.9 cm³/mol. The number of thiazole rings is 1. The first-order chi connectivity index (χ1) is 8.33. The van der Waals surface area contributed by atoms with Crippen LogP contribution in [-0.2, 0) is 12.8 Å². The zero-order chi connectivity index (χ0) is 12.1. The lowest BCUT2D eigenvalue weighted by Gasteiger charge is -2.00. The number of benzene rings is 1. The fourth-order valence-corrected chi connectivity index (χ4v) is 2.46. The van der Waals surface area contributed by atoms with Gasteiger partial charge in [0.25, 0.3) is 0 Å². The van der Waals surface area contributed by atoms with Crippen molar-refractivity contribution in [3.05, 3.63) is 40.2 Å². The number of aryl methyl sites for hydroxylation is 1. The minimum atomic E-state index is 0.401. The van der Waals surface area contributed by atoms with Crippen LogP contribution in [-0.4, -0.2) is 4.98 Å².